The summed E-state index contributed by atoms with van der Waals surface area (Å²) < 4.78 is 8.07. The number of amides is 1. The fraction of sp³-hybridized carbons (Fsp3) is 0.100. The Morgan fingerprint density at radius 3 is 2.61 bits per heavy atom. The summed E-state index contributed by atoms with van der Waals surface area (Å²) in [4.78, 5) is 12.2. The molecule has 0 saturated carbocycles. The highest BCUT2D eigenvalue weighted by molar-refractivity contribution is 9.10. The van der Waals surface area contributed by atoms with Crippen molar-refractivity contribution in [2.75, 3.05) is 13.2 Å². The molecule has 2 heterocycles. The topological polar surface area (TPSA) is 81.4 Å². The van der Waals surface area contributed by atoms with Crippen molar-refractivity contribution in [2.45, 2.75) is 0 Å². The second kappa shape index (κ2) is 8.18. The van der Waals surface area contributed by atoms with Crippen molar-refractivity contribution < 1.29 is 9.53 Å². The van der Waals surface area contributed by atoms with Gasteiger partial charge in [-0.25, -0.2) is 0 Å². The van der Waals surface area contributed by atoms with E-state index in [1.54, 1.807) is 22.7 Å². The number of fused-ring (bicyclic) bond motifs is 1. The van der Waals surface area contributed by atoms with E-state index in [1.165, 1.54) is 0 Å². The molecule has 1 amide bonds. The van der Waals surface area contributed by atoms with Gasteiger partial charge in [-0.2, -0.15) is 4.52 Å². The standard InChI is InChI=1S/C20H16BrN5O2/c21-16-9-5-4-8-15(16)20(27)22-12-13-28-18-11-10-17-23-24-19(26(17)25-18)14-6-2-1-3-7-14/h1-11H,12-13H2,(H,22,27). The Balaban J connectivity index is 1.40. The van der Waals surface area contributed by atoms with E-state index in [4.69, 9.17) is 4.74 Å². The number of hydrogen-bond donors (Lipinski definition) is 1. The maximum Gasteiger partial charge on any atom is 0.252 e. The normalized spacial score (nSPS) is 10.8. The number of nitrogens with zero attached hydrogens (tertiary/aromatic N) is 4. The van der Waals surface area contributed by atoms with Crippen molar-refractivity contribution in [3.8, 4) is 17.3 Å². The van der Waals surface area contributed by atoms with Crippen LogP contribution < -0.4 is 10.1 Å². The lowest BCUT2D eigenvalue weighted by Gasteiger charge is -2.08. The van der Waals surface area contributed by atoms with Crippen LogP contribution in [0.3, 0.4) is 0 Å². The van der Waals surface area contributed by atoms with Gasteiger partial charge in [-0.3, -0.25) is 4.79 Å². The van der Waals surface area contributed by atoms with Crippen molar-refractivity contribution >= 4 is 27.5 Å². The molecule has 28 heavy (non-hydrogen) atoms. The van der Waals surface area contributed by atoms with E-state index in [9.17, 15) is 4.79 Å². The Hall–Kier alpha value is -3.26. The van der Waals surface area contributed by atoms with E-state index in [0.717, 1.165) is 10.0 Å². The first-order valence-electron chi connectivity index (χ1n) is 8.66. The molecule has 4 aromatic rings. The van der Waals surface area contributed by atoms with E-state index in [2.05, 4.69) is 36.5 Å². The SMILES string of the molecule is O=C(NCCOc1ccc2nnc(-c3ccccc3)n2n1)c1ccccc1Br. The van der Waals surface area contributed by atoms with Gasteiger partial charge in [0.15, 0.2) is 11.5 Å². The quantitative estimate of drug-likeness (QED) is 0.467. The number of rotatable bonds is 6. The van der Waals surface area contributed by atoms with Gasteiger partial charge in [0.1, 0.15) is 6.61 Å². The molecule has 8 heteroatoms. The number of carbonyl (C=O) groups is 1. The molecule has 0 bridgehead atoms. The zero-order chi connectivity index (χ0) is 19.3. The molecular formula is C20H16BrN5O2. The third-order valence-corrected chi connectivity index (χ3v) is 4.72. The summed E-state index contributed by atoms with van der Waals surface area (Å²) in [6.45, 7) is 0.644. The number of benzene rings is 2. The van der Waals surface area contributed by atoms with Crippen LogP contribution in [0.2, 0.25) is 0 Å². The minimum Gasteiger partial charge on any atom is -0.475 e. The molecule has 7 nitrogen and oxygen atoms in total. The van der Waals surface area contributed by atoms with Crippen molar-refractivity contribution in [2.24, 2.45) is 0 Å². The Bertz CT molecular complexity index is 1110. The van der Waals surface area contributed by atoms with Crippen LogP contribution in [-0.4, -0.2) is 38.9 Å². The second-order valence-electron chi connectivity index (χ2n) is 5.92. The number of nitrogens with one attached hydrogen (secondary N) is 1. The van der Waals surface area contributed by atoms with Gasteiger partial charge >= 0.3 is 0 Å². The van der Waals surface area contributed by atoms with Crippen LogP contribution in [-0.2, 0) is 0 Å². The van der Waals surface area contributed by atoms with Crippen LogP contribution in [0, 0.1) is 0 Å². The van der Waals surface area contributed by atoms with E-state index < -0.39 is 0 Å². The largest absolute Gasteiger partial charge is 0.475 e. The minimum atomic E-state index is -0.162. The predicted octanol–water partition coefficient (Wildman–Crippen LogP) is 3.36. The Morgan fingerprint density at radius 2 is 1.79 bits per heavy atom. The van der Waals surface area contributed by atoms with Gasteiger partial charge in [0, 0.05) is 16.1 Å². The highest BCUT2D eigenvalue weighted by atomic mass is 79.9. The van der Waals surface area contributed by atoms with Gasteiger partial charge in [-0.05, 0) is 34.1 Å². The van der Waals surface area contributed by atoms with Crippen LogP contribution in [0.25, 0.3) is 17.0 Å². The number of aromatic nitrogens is 4. The van der Waals surface area contributed by atoms with E-state index in [1.807, 2.05) is 48.5 Å². The fourth-order valence-electron chi connectivity index (χ4n) is 2.68. The molecule has 0 radical (unpaired) electrons. The van der Waals surface area contributed by atoms with Gasteiger partial charge in [0.25, 0.3) is 5.91 Å². The van der Waals surface area contributed by atoms with Gasteiger partial charge < -0.3 is 10.1 Å². The van der Waals surface area contributed by atoms with Crippen molar-refractivity contribution in [1.82, 2.24) is 25.1 Å². The average molecular weight is 438 g/mol. The zero-order valence-corrected chi connectivity index (χ0v) is 16.3. The minimum absolute atomic E-state index is 0.162. The van der Waals surface area contributed by atoms with Gasteiger partial charge in [-0.1, -0.05) is 42.5 Å². The molecule has 0 unspecified atom stereocenters. The smallest absolute Gasteiger partial charge is 0.252 e. The molecule has 0 spiro atoms. The lowest BCUT2D eigenvalue weighted by molar-refractivity contribution is 0.0945. The lowest BCUT2D eigenvalue weighted by Crippen LogP contribution is -2.28. The summed E-state index contributed by atoms with van der Waals surface area (Å²) in [5.41, 5.74) is 2.13. The molecule has 2 aromatic heterocycles. The van der Waals surface area contributed by atoms with Gasteiger partial charge in [-0.15, -0.1) is 15.3 Å². The maximum atomic E-state index is 12.2. The summed E-state index contributed by atoms with van der Waals surface area (Å²) in [5, 5.41) is 15.6. The zero-order valence-electron chi connectivity index (χ0n) is 14.7. The summed E-state index contributed by atoms with van der Waals surface area (Å²) in [6.07, 6.45) is 0. The predicted molar refractivity (Wildman–Crippen MR) is 108 cm³/mol. The van der Waals surface area contributed by atoms with E-state index >= 15 is 0 Å². The third kappa shape index (κ3) is 3.86. The first kappa shape index (κ1) is 18.1. The number of halogens is 1. The lowest BCUT2D eigenvalue weighted by atomic mass is 10.2. The third-order valence-electron chi connectivity index (χ3n) is 4.03. The molecule has 0 aliphatic heterocycles. The van der Waals surface area contributed by atoms with Crippen LogP contribution in [0.5, 0.6) is 5.88 Å². The van der Waals surface area contributed by atoms with Gasteiger partial charge in [0.05, 0.1) is 12.1 Å². The molecule has 140 valence electrons. The molecule has 0 aliphatic carbocycles. The average Bonchev–Trinajstić information content (AvgIpc) is 3.15. The highest BCUT2D eigenvalue weighted by Gasteiger charge is 2.11. The molecule has 2 aromatic carbocycles. The molecular weight excluding hydrogens is 422 g/mol. The van der Waals surface area contributed by atoms with Crippen LogP contribution in [0.15, 0.2) is 71.2 Å². The van der Waals surface area contributed by atoms with Crippen LogP contribution in [0.1, 0.15) is 10.4 Å². The summed E-state index contributed by atoms with van der Waals surface area (Å²) in [5.74, 6) is 0.910. The maximum absolute atomic E-state index is 12.2. The molecule has 0 saturated heterocycles. The first-order chi connectivity index (χ1) is 13.7. The van der Waals surface area contributed by atoms with Crippen molar-refractivity contribution in [1.29, 1.82) is 0 Å². The molecule has 0 aliphatic rings. The van der Waals surface area contributed by atoms with Crippen molar-refractivity contribution in [3.05, 3.63) is 76.8 Å². The van der Waals surface area contributed by atoms with Crippen LogP contribution >= 0.6 is 15.9 Å². The molecule has 1 N–H and O–H groups in total. The number of hydrogen-bond acceptors (Lipinski definition) is 5. The van der Waals surface area contributed by atoms with Crippen LogP contribution in [0.4, 0.5) is 0 Å². The second-order valence-corrected chi connectivity index (χ2v) is 6.77. The molecule has 0 fully saturated rings. The Labute approximate surface area is 169 Å². The molecule has 4 rings (SSSR count). The summed E-state index contributed by atoms with van der Waals surface area (Å²) in [6, 6.07) is 20.5. The monoisotopic (exact) mass is 437 g/mol. The highest BCUT2D eigenvalue weighted by Crippen LogP contribution is 2.18. The first-order valence-corrected chi connectivity index (χ1v) is 9.45. The number of carbonyl (C=O) groups excluding carboxylic acids is 1. The van der Waals surface area contributed by atoms with E-state index in [0.29, 0.717) is 29.5 Å². The summed E-state index contributed by atoms with van der Waals surface area (Å²) in [7, 11) is 0. The number of ether oxygens (including phenoxy) is 1. The fourth-order valence-corrected chi connectivity index (χ4v) is 3.14. The van der Waals surface area contributed by atoms with Gasteiger partial charge in [0.2, 0.25) is 5.88 Å². The van der Waals surface area contributed by atoms with E-state index in [-0.39, 0.29) is 12.5 Å². The summed E-state index contributed by atoms with van der Waals surface area (Å²) >= 11 is 3.37. The Morgan fingerprint density at radius 1 is 1.00 bits per heavy atom. The van der Waals surface area contributed by atoms with Crippen molar-refractivity contribution in [3.63, 3.8) is 0 Å². The molecule has 0 atom stereocenters. The Kier molecular flexibility index (Phi) is 5.29.